The SMILES string of the molecule is N#Cc1ccc(C(F)(F)F)nc1NC1CC1.O=C(O)c1cccnc1. The van der Waals surface area contributed by atoms with Gasteiger partial charge in [-0.2, -0.15) is 18.4 Å². The Hall–Kier alpha value is -3.15. The fourth-order valence-corrected chi connectivity index (χ4v) is 1.73. The van der Waals surface area contributed by atoms with E-state index in [-0.39, 0.29) is 23.0 Å². The van der Waals surface area contributed by atoms with Crippen LogP contribution in [0.15, 0.2) is 36.7 Å². The molecule has 1 aliphatic rings. The Balaban J connectivity index is 0.000000212. The summed E-state index contributed by atoms with van der Waals surface area (Å²) in [6, 6.07) is 7.01. The number of nitriles is 1. The number of halogens is 3. The molecule has 9 heteroatoms. The summed E-state index contributed by atoms with van der Waals surface area (Å²) in [7, 11) is 0. The molecule has 1 saturated carbocycles. The van der Waals surface area contributed by atoms with Crippen molar-refractivity contribution in [1.82, 2.24) is 9.97 Å². The monoisotopic (exact) mass is 350 g/mol. The van der Waals surface area contributed by atoms with Crippen LogP contribution in [0.25, 0.3) is 0 Å². The summed E-state index contributed by atoms with van der Waals surface area (Å²) in [6.07, 6.45) is 0.175. The zero-order valence-electron chi connectivity index (χ0n) is 12.8. The molecule has 25 heavy (non-hydrogen) atoms. The molecule has 6 nitrogen and oxygen atoms in total. The number of aromatic nitrogens is 2. The summed E-state index contributed by atoms with van der Waals surface area (Å²) < 4.78 is 37.2. The lowest BCUT2D eigenvalue weighted by molar-refractivity contribution is -0.141. The zero-order chi connectivity index (χ0) is 18.4. The highest BCUT2D eigenvalue weighted by molar-refractivity contribution is 5.86. The van der Waals surface area contributed by atoms with E-state index in [1.54, 1.807) is 6.07 Å². The molecular weight excluding hydrogens is 337 g/mol. The third kappa shape index (κ3) is 5.46. The minimum atomic E-state index is -4.48. The summed E-state index contributed by atoms with van der Waals surface area (Å²) in [4.78, 5) is 17.2. The first-order valence-corrected chi connectivity index (χ1v) is 7.19. The fourth-order valence-electron chi connectivity index (χ4n) is 1.73. The van der Waals surface area contributed by atoms with E-state index in [4.69, 9.17) is 10.4 Å². The van der Waals surface area contributed by atoms with Crippen molar-refractivity contribution in [3.05, 3.63) is 53.5 Å². The van der Waals surface area contributed by atoms with Crippen LogP contribution in [0, 0.1) is 11.3 Å². The lowest BCUT2D eigenvalue weighted by Gasteiger charge is -2.10. The normalized spacial score (nSPS) is 13.2. The Bertz CT molecular complexity index is 784. The van der Waals surface area contributed by atoms with Crippen LogP contribution in [0.4, 0.5) is 19.0 Å². The average Bonchev–Trinajstić information content (AvgIpc) is 3.39. The van der Waals surface area contributed by atoms with E-state index in [0.29, 0.717) is 0 Å². The van der Waals surface area contributed by atoms with Gasteiger partial charge in [-0.1, -0.05) is 0 Å². The Morgan fingerprint density at radius 3 is 2.48 bits per heavy atom. The number of pyridine rings is 2. The summed E-state index contributed by atoms with van der Waals surface area (Å²) in [6.45, 7) is 0. The first kappa shape index (κ1) is 18.2. The van der Waals surface area contributed by atoms with E-state index in [1.807, 2.05) is 6.07 Å². The topological polar surface area (TPSA) is 98.9 Å². The predicted molar refractivity (Wildman–Crippen MR) is 81.8 cm³/mol. The molecule has 0 aromatic carbocycles. The van der Waals surface area contributed by atoms with Crippen LogP contribution in [0.1, 0.15) is 34.5 Å². The molecule has 0 unspecified atom stereocenters. The minimum absolute atomic E-state index is 0.0276. The first-order chi connectivity index (χ1) is 11.8. The van der Waals surface area contributed by atoms with Gasteiger partial charge in [0, 0.05) is 18.4 Å². The molecule has 0 spiro atoms. The predicted octanol–water partition coefficient (Wildman–Crippen LogP) is 3.33. The van der Waals surface area contributed by atoms with E-state index in [2.05, 4.69) is 15.3 Å². The molecule has 130 valence electrons. The molecular formula is C16H13F3N4O2. The quantitative estimate of drug-likeness (QED) is 0.881. The van der Waals surface area contributed by atoms with Crippen LogP contribution >= 0.6 is 0 Å². The summed E-state index contributed by atoms with van der Waals surface area (Å²) >= 11 is 0. The Kier molecular flexibility index (Phi) is 5.54. The van der Waals surface area contributed by atoms with Crippen molar-refractivity contribution in [2.45, 2.75) is 25.1 Å². The maximum atomic E-state index is 12.4. The Morgan fingerprint density at radius 1 is 1.32 bits per heavy atom. The van der Waals surface area contributed by atoms with Crippen molar-refractivity contribution in [1.29, 1.82) is 5.26 Å². The van der Waals surface area contributed by atoms with Crippen LogP contribution in [-0.2, 0) is 6.18 Å². The second kappa shape index (κ2) is 7.61. The highest BCUT2D eigenvalue weighted by Crippen LogP contribution is 2.31. The van der Waals surface area contributed by atoms with Crippen LogP contribution in [0.5, 0.6) is 0 Å². The van der Waals surface area contributed by atoms with E-state index in [1.165, 1.54) is 18.5 Å². The lowest BCUT2D eigenvalue weighted by Crippen LogP contribution is -2.12. The maximum Gasteiger partial charge on any atom is 0.433 e. The van der Waals surface area contributed by atoms with Crippen LogP contribution in [0.2, 0.25) is 0 Å². The molecule has 0 atom stereocenters. The van der Waals surface area contributed by atoms with Gasteiger partial charge in [0.2, 0.25) is 0 Å². The van der Waals surface area contributed by atoms with Gasteiger partial charge in [-0.3, -0.25) is 4.98 Å². The summed E-state index contributed by atoms with van der Waals surface area (Å²) in [5.41, 5.74) is -0.618. The third-order valence-electron chi connectivity index (χ3n) is 3.13. The van der Waals surface area contributed by atoms with Crippen molar-refractivity contribution in [3.63, 3.8) is 0 Å². The number of rotatable bonds is 3. The van der Waals surface area contributed by atoms with Gasteiger partial charge in [0.15, 0.2) is 0 Å². The Labute approximate surface area is 141 Å². The van der Waals surface area contributed by atoms with Gasteiger partial charge in [0.1, 0.15) is 17.6 Å². The van der Waals surface area contributed by atoms with E-state index >= 15 is 0 Å². The molecule has 2 heterocycles. The number of nitrogens with one attached hydrogen (secondary N) is 1. The molecule has 3 rings (SSSR count). The summed E-state index contributed by atoms with van der Waals surface area (Å²) in [5.74, 6) is -0.914. The number of anilines is 1. The highest BCUT2D eigenvalue weighted by Gasteiger charge is 2.33. The fraction of sp³-hybridized carbons (Fsp3) is 0.250. The second-order valence-electron chi connectivity index (χ2n) is 5.17. The third-order valence-corrected chi connectivity index (χ3v) is 3.13. The summed E-state index contributed by atoms with van der Waals surface area (Å²) in [5, 5.41) is 19.9. The molecule has 0 aliphatic heterocycles. The van der Waals surface area contributed by atoms with Gasteiger partial charge in [-0.25, -0.2) is 9.78 Å². The van der Waals surface area contributed by atoms with Crippen molar-refractivity contribution in [3.8, 4) is 6.07 Å². The van der Waals surface area contributed by atoms with Gasteiger partial charge in [0.05, 0.1) is 11.1 Å². The maximum absolute atomic E-state index is 12.4. The molecule has 0 radical (unpaired) electrons. The van der Waals surface area contributed by atoms with Crippen molar-refractivity contribution >= 4 is 11.8 Å². The number of carboxylic acid groups (broad SMARTS) is 1. The van der Waals surface area contributed by atoms with E-state index < -0.39 is 17.8 Å². The molecule has 2 aromatic rings. The van der Waals surface area contributed by atoms with Crippen molar-refractivity contribution in [2.24, 2.45) is 0 Å². The smallest absolute Gasteiger partial charge is 0.433 e. The van der Waals surface area contributed by atoms with Gasteiger partial charge in [0.25, 0.3) is 0 Å². The van der Waals surface area contributed by atoms with Crippen molar-refractivity contribution in [2.75, 3.05) is 5.32 Å². The minimum Gasteiger partial charge on any atom is -0.478 e. The molecule has 0 saturated heterocycles. The number of nitrogens with zero attached hydrogens (tertiary/aromatic N) is 3. The number of alkyl halides is 3. The van der Waals surface area contributed by atoms with Crippen LogP contribution < -0.4 is 5.32 Å². The lowest BCUT2D eigenvalue weighted by atomic mass is 10.2. The van der Waals surface area contributed by atoms with Gasteiger partial charge < -0.3 is 10.4 Å². The number of aromatic carboxylic acids is 1. The van der Waals surface area contributed by atoms with E-state index in [0.717, 1.165) is 25.0 Å². The molecule has 2 aromatic heterocycles. The molecule has 1 aliphatic carbocycles. The number of hydrogen-bond acceptors (Lipinski definition) is 5. The number of carboxylic acids is 1. The molecule has 0 amide bonds. The van der Waals surface area contributed by atoms with Gasteiger partial charge in [-0.05, 0) is 37.1 Å². The zero-order valence-corrected chi connectivity index (χ0v) is 12.8. The number of carbonyl (C=O) groups is 1. The van der Waals surface area contributed by atoms with E-state index in [9.17, 15) is 18.0 Å². The largest absolute Gasteiger partial charge is 0.478 e. The number of hydrogen-bond donors (Lipinski definition) is 2. The second-order valence-corrected chi connectivity index (χ2v) is 5.17. The molecule has 1 fully saturated rings. The Morgan fingerprint density at radius 2 is 2.04 bits per heavy atom. The molecule has 2 N–H and O–H groups in total. The van der Waals surface area contributed by atoms with Crippen LogP contribution in [0.3, 0.4) is 0 Å². The standard InChI is InChI=1S/C10H8F3N3.C6H5NO2/c11-10(12,13)8-4-1-6(5-14)9(16-8)15-7-2-3-7;8-6(9)5-2-1-3-7-4-5/h1,4,7H,2-3H2,(H,15,16);1-4H,(H,8,9). The van der Waals surface area contributed by atoms with Gasteiger partial charge in [-0.15, -0.1) is 0 Å². The molecule has 0 bridgehead atoms. The first-order valence-electron chi connectivity index (χ1n) is 7.19. The highest BCUT2D eigenvalue weighted by atomic mass is 19.4. The van der Waals surface area contributed by atoms with Crippen LogP contribution in [-0.4, -0.2) is 27.1 Å². The van der Waals surface area contributed by atoms with Crippen molar-refractivity contribution < 1.29 is 23.1 Å². The van der Waals surface area contributed by atoms with Gasteiger partial charge >= 0.3 is 12.1 Å². The average molecular weight is 350 g/mol.